The van der Waals surface area contributed by atoms with Gasteiger partial charge in [0.1, 0.15) is 11.6 Å². The molecule has 0 atom stereocenters. The normalized spacial score (nSPS) is 10.4. The Morgan fingerprint density at radius 1 is 1.53 bits per heavy atom. The van der Waals surface area contributed by atoms with E-state index in [1.54, 1.807) is 7.11 Å². The van der Waals surface area contributed by atoms with Crippen molar-refractivity contribution in [2.45, 2.75) is 13.0 Å². The summed E-state index contributed by atoms with van der Waals surface area (Å²) in [4.78, 5) is 4.57. The minimum Gasteiger partial charge on any atom is -0.497 e. The van der Waals surface area contributed by atoms with Crippen LogP contribution < -0.4 is 4.74 Å². The summed E-state index contributed by atoms with van der Waals surface area (Å²) in [6.07, 6.45) is 6.20. The van der Waals surface area contributed by atoms with Crippen molar-refractivity contribution in [3.63, 3.8) is 0 Å². The van der Waals surface area contributed by atoms with Gasteiger partial charge in [-0.3, -0.25) is 0 Å². The summed E-state index contributed by atoms with van der Waals surface area (Å²) >= 11 is 4.24. The Bertz CT molecular complexity index is 569. The number of fused-ring (bicyclic) bond motifs is 1. The number of rotatable bonds is 4. The number of ether oxygens (including phenoxy) is 1. The fourth-order valence-corrected chi connectivity index (χ4v) is 2.05. The first kappa shape index (κ1) is 11.9. The first-order valence-corrected chi connectivity index (χ1v) is 6.01. The summed E-state index contributed by atoms with van der Waals surface area (Å²) in [5, 5.41) is 0. The minimum absolute atomic E-state index is 0.534. The van der Waals surface area contributed by atoms with Gasteiger partial charge in [-0.1, -0.05) is 5.92 Å². The maximum absolute atomic E-state index is 5.39. The lowest BCUT2D eigenvalue weighted by molar-refractivity contribution is 0.415. The molecule has 1 heterocycles. The Balaban J connectivity index is 2.57. The van der Waals surface area contributed by atoms with Crippen molar-refractivity contribution in [1.29, 1.82) is 0 Å². The predicted molar refractivity (Wildman–Crippen MR) is 72.7 cm³/mol. The standard InChI is InChI=1S/C13H14N2OS/c1-3-7-15-12-5-4-10(16-2)9-11(12)14-13(15)6-8-17/h1,4-5,9,17H,6-8H2,2H3. The first-order valence-electron chi connectivity index (χ1n) is 5.37. The van der Waals surface area contributed by atoms with Crippen molar-refractivity contribution in [2.75, 3.05) is 12.9 Å². The molecule has 0 fully saturated rings. The molecule has 4 heteroatoms. The second-order valence-corrected chi connectivity index (χ2v) is 4.09. The van der Waals surface area contributed by atoms with Gasteiger partial charge in [-0.05, 0) is 17.9 Å². The molecule has 1 aromatic carbocycles. The van der Waals surface area contributed by atoms with Crippen molar-refractivity contribution >= 4 is 23.7 Å². The Hall–Kier alpha value is -1.60. The summed E-state index contributed by atoms with van der Waals surface area (Å²) in [7, 11) is 1.65. The third-order valence-corrected chi connectivity index (χ3v) is 2.84. The summed E-state index contributed by atoms with van der Waals surface area (Å²) < 4.78 is 7.23. The molecule has 0 unspecified atom stereocenters. The van der Waals surface area contributed by atoms with E-state index in [9.17, 15) is 0 Å². The highest BCUT2D eigenvalue weighted by molar-refractivity contribution is 7.80. The van der Waals surface area contributed by atoms with Gasteiger partial charge in [0.05, 0.1) is 24.7 Å². The van der Waals surface area contributed by atoms with E-state index in [0.717, 1.165) is 34.8 Å². The van der Waals surface area contributed by atoms with E-state index in [2.05, 4.69) is 23.5 Å². The fourth-order valence-electron chi connectivity index (χ4n) is 1.85. The number of terminal acetylenes is 1. The summed E-state index contributed by atoms with van der Waals surface area (Å²) in [5.74, 6) is 5.19. The first-order chi connectivity index (χ1) is 8.30. The molecule has 0 bridgehead atoms. The average molecular weight is 246 g/mol. The van der Waals surface area contributed by atoms with Crippen LogP contribution in [0.4, 0.5) is 0 Å². The molecular formula is C13H14N2OS. The van der Waals surface area contributed by atoms with Crippen molar-refractivity contribution in [1.82, 2.24) is 9.55 Å². The number of hydrogen-bond acceptors (Lipinski definition) is 3. The number of thiol groups is 1. The molecule has 0 radical (unpaired) electrons. The number of aromatic nitrogens is 2. The molecular weight excluding hydrogens is 232 g/mol. The Morgan fingerprint density at radius 3 is 3.00 bits per heavy atom. The average Bonchev–Trinajstić information content (AvgIpc) is 2.68. The van der Waals surface area contributed by atoms with Gasteiger partial charge < -0.3 is 9.30 Å². The van der Waals surface area contributed by atoms with Gasteiger partial charge in [-0.25, -0.2) is 4.98 Å². The van der Waals surface area contributed by atoms with E-state index < -0.39 is 0 Å². The van der Waals surface area contributed by atoms with E-state index in [1.165, 1.54) is 0 Å². The van der Waals surface area contributed by atoms with Crippen molar-refractivity contribution in [3.05, 3.63) is 24.0 Å². The number of benzene rings is 1. The van der Waals surface area contributed by atoms with Crippen LogP contribution >= 0.6 is 12.6 Å². The molecule has 0 aliphatic carbocycles. The highest BCUT2D eigenvalue weighted by Crippen LogP contribution is 2.22. The topological polar surface area (TPSA) is 27.1 Å². The van der Waals surface area contributed by atoms with Gasteiger partial charge in [-0.15, -0.1) is 6.42 Å². The van der Waals surface area contributed by atoms with Crippen LogP contribution in [0.15, 0.2) is 18.2 Å². The monoisotopic (exact) mass is 246 g/mol. The third kappa shape index (κ3) is 2.25. The van der Waals surface area contributed by atoms with Gasteiger partial charge in [-0.2, -0.15) is 12.6 Å². The summed E-state index contributed by atoms with van der Waals surface area (Å²) in [6, 6.07) is 5.83. The number of aryl methyl sites for hydroxylation is 1. The van der Waals surface area contributed by atoms with E-state index in [1.807, 2.05) is 22.8 Å². The van der Waals surface area contributed by atoms with E-state index in [-0.39, 0.29) is 0 Å². The van der Waals surface area contributed by atoms with Crippen molar-refractivity contribution in [3.8, 4) is 18.1 Å². The molecule has 0 N–H and O–H groups in total. The third-order valence-electron chi connectivity index (χ3n) is 2.62. The molecule has 88 valence electrons. The quantitative estimate of drug-likeness (QED) is 0.661. The second-order valence-electron chi connectivity index (χ2n) is 3.65. The van der Waals surface area contributed by atoms with Crippen LogP contribution in [-0.4, -0.2) is 22.4 Å². The second kappa shape index (κ2) is 5.15. The zero-order chi connectivity index (χ0) is 12.3. The summed E-state index contributed by atoms with van der Waals surface area (Å²) in [6.45, 7) is 0.534. The van der Waals surface area contributed by atoms with Crippen LogP contribution in [-0.2, 0) is 13.0 Å². The number of hydrogen-bond donors (Lipinski definition) is 1. The van der Waals surface area contributed by atoms with Crippen molar-refractivity contribution < 1.29 is 4.74 Å². The lowest BCUT2D eigenvalue weighted by Crippen LogP contribution is -2.03. The SMILES string of the molecule is C#CCn1c(CCS)nc2cc(OC)ccc21. The lowest BCUT2D eigenvalue weighted by Gasteiger charge is -2.04. The zero-order valence-electron chi connectivity index (χ0n) is 9.68. The van der Waals surface area contributed by atoms with E-state index in [4.69, 9.17) is 11.2 Å². The van der Waals surface area contributed by atoms with Gasteiger partial charge in [0.2, 0.25) is 0 Å². The predicted octanol–water partition coefficient (Wildman–Crippen LogP) is 2.15. The highest BCUT2D eigenvalue weighted by Gasteiger charge is 2.09. The van der Waals surface area contributed by atoms with Gasteiger partial charge in [0.25, 0.3) is 0 Å². The number of nitrogens with zero attached hydrogens (tertiary/aromatic N) is 2. The molecule has 17 heavy (non-hydrogen) atoms. The van der Waals surface area contributed by atoms with Crippen LogP contribution in [0.3, 0.4) is 0 Å². The number of methoxy groups -OCH3 is 1. The molecule has 0 aliphatic rings. The molecule has 1 aromatic heterocycles. The van der Waals surface area contributed by atoms with E-state index >= 15 is 0 Å². The fraction of sp³-hybridized carbons (Fsp3) is 0.308. The molecule has 2 rings (SSSR count). The zero-order valence-corrected chi connectivity index (χ0v) is 10.6. The van der Waals surface area contributed by atoms with Crippen LogP contribution in [0.5, 0.6) is 5.75 Å². The van der Waals surface area contributed by atoms with Crippen LogP contribution in [0.1, 0.15) is 5.82 Å². The molecule has 0 amide bonds. The lowest BCUT2D eigenvalue weighted by atomic mass is 10.3. The molecule has 0 aliphatic heterocycles. The van der Waals surface area contributed by atoms with Crippen LogP contribution in [0.25, 0.3) is 11.0 Å². The summed E-state index contributed by atoms with van der Waals surface area (Å²) in [5.41, 5.74) is 1.96. The van der Waals surface area contributed by atoms with Crippen LogP contribution in [0.2, 0.25) is 0 Å². The maximum Gasteiger partial charge on any atom is 0.121 e. The smallest absolute Gasteiger partial charge is 0.121 e. The highest BCUT2D eigenvalue weighted by atomic mass is 32.1. The van der Waals surface area contributed by atoms with Crippen LogP contribution in [0, 0.1) is 12.3 Å². The minimum atomic E-state index is 0.534. The van der Waals surface area contributed by atoms with Crippen molar-refractivity contribution in [2.24, 2.45) is 0 Å². The van der Waals surface area contributed by atoms with Gasteiger partial charge >= 0.3 is 0 Å². The molecule has 0 spiro atoms. The van der Waals surface area contributed by atoms with Gasteiger partial charge in [0.15, 0.2) is 0 Å². The molecule has 0 saturated heterocycles. The molecule has 3 nitrogen and oxygen atoms in total. The molecule has 0 saturated carbocycles. The van der Waals surface area contributed by atoms with E-state index in [0.29, 0.717) is 6.54 Å². The number of imidazole rings is 1. The van der Waals surface area contributed by atoms with Gasteiger partial charge in [0, 0.05) is 12.5 Å². The Morgan fingerprint density at radius 2 is 2.35 bits per heavy atom. The maximum atomic E-state index is 5.39. The Kier molecular flexibility index (Phi) is 3.60. The molecule has 2 aromatic rings. The largest absolute Gasteiger partial charge is 0.497 e. The Labute approximate surface area is 106 Å².